The van der Waals surface area contributed by atoms with Gasteiger partial charge in [-0.2, -0.15) is 16.8 Å². The highest BCUT2D eigenvalue weighted by Crippen LogP contribution is 2.16. The maximum absolute atomic E-state index is 10.8. The molecular weight excluding hydrogens is 256 g/mol. The molecule has 0 amide bonds. The topological polar surface area (TPSA) is 109 Å². The minimum atomic E-state index is -4.30. The van der Waals surface area contributed by atoms with Crippen molar-refractivity contribution in [3.05, 3.63) is 29.3 Å². The van der Waals surface area contributed by atoms with Crippen LogP contribution in [0.2, 0.25) is 0 Å². The molecule has 1 aromatic carbocycles. The van der Waals surface area contributed by atoms with Gasteiger partial charge in [-0.3, -0.25) is 9.11 Å². The first-order valence-electron chi connectivity index (χ1n) is 4.12. The summed E-state index contributed by atoms with van der Waals surface area (Å²) in [5.74, 6) is -0.593. The first-order chi connectivity index (χ1) is 7.09. The first-order valence-corrected chi connectivity index (χ1v) is 7.17. The smallest absolute Gasteiger partial charge is 0.285 e. The van der Waals surface area contributed by atoms with E-state index >= 15 is 0 Å². The fraction of sp³-hybridized carbons (Fsp3) is 0.250. The van der Waals surface area contributed by atoms with E-state index in [0.29, 0.717) is 5.56 Å². The van der Waals surface area contributed by atoms with Crippen molar-refractivity contribution in [1.82, 2.24) is 0 Å². The summed E-state index contributed by atoms with van der Waals surface area (Å²) in [6.45, 7) is 1.48. The van der Waals surface area contributed by atoms with Crippen LogP contribution < -0.4 is 0 Å². The number of hydrogen-bond donors (Lipinski definition) is 2. The summed E-state index contributed by atoms with van der Waals surface area (Å²) in [7, 11) is -8.46. The number of aryl methyl sites for hydroxylation is 1. The van der Waals surface area contributed by atoms with E-state index in [-0.39, 0.29) is 10.5 Å². The Kier molecular flexibility index (Phi) is 3.38. The molecule has 0 aliphatic rings. The average Bonchev–Trinajstić information content (AvgIpc) is 2.04. The van der Waals surface area contributed by atoms with Crippen molar-refractivity contribution in [3.63, 3.8) is 0 Å². The Bertz CT molecular complexity index is 599. The minimum Gasteiger partial charge on any atom is -0.285 e. The maximum atomic E-state index is 10.8. The molecular formula is C8H10O6S2. The standard InChI is InChI=1S/C8H10O6S2/c1-6-4-8(16(12,13)14)3-2-7(6)5-15(9,10)11/h2-4H,5H2,1H3,(H,9,10,11)(H,12,13,14). The molecule has 0 radical (unpaired) electrons. The highest BCUT2D eigenvalue weighted by Gasteiger charge is 2.13. The summed E-state index contributed by atoms with van der Waals surface area (Å²) in [4.78, 5) is -0.316. The van der Waals surface area contributed by atoms with Crippen LogP contribution in [-0.2, 0) is 26.0 Å². The van der Waals surface area contributed by atoms with Crippen LogP contribution in [0.3, 0.4) is 0 Å². The molecule has 8 heteroatoms. The zero-order valence-corrected chi connectivity index (χ0v) is 9.92. The zero-order valence-electron chi connectivity index (χ0n) is 8.28. The van der Waals surface area contributed by atoms with Gasteiger partial charge in [0.1, 0.15) is 5.75 Å². The summed E-state index contributed by atoms with van der Waals surface area (Å²) in [6, 6.07) is 3.44. The maximum Gasteiger partial charge on any atom is 0.294 e. The largest absolute Gasteiger partial charge is 0.294 e. The van der Waals surface area contributed by atoms with Gasteiger partial charge < -0.3 is 0 Å². The van der Waals surface area contributed by atoms with E-state index in [4.69, 9.17) is 9.11 Å². The average molecular weight is 266 g/mol. The molecule has 0 heterocycles. The Labute approximate surface area is 93.4 Å². The van der Waals surface area contributed by atoms with Gasteiger partial charge in [0.15, 0.2) is 0 Å². The van der Waals surface area contributed by atoms with Crippen molar-refractivity contribution >= 4 is 20.2 Å². The first kappa shape index (κ1) is 13.1. The second-order valence-corrected chi connectivity index (χ2v) is 6.16. The van der Waals surface area contributed by atoms with Crippen LogP contribution in [0.1, 0.15) is 11.1 Å². The molecule has 1 rings (SSSR count). The van der Waals surface area contributed by atoms with Crippen LogP contribution in [0.15, 0.2) is 23.1 Å². The van der Waals surface area contributed by atoms with E-state index in [1.54, 1.807) is 0 Å². The zero-order chi connectivity index (χ0) is 12.6. The highest BCUT2D eigenvalue weighted by molar-refractivity contribution is 7.86. The van der Waals surface area contributed by atoms with Gasteiger partial charge >= 0.3 is 0 Å². The highest BCUT2D eigenvalue weighted by atomic mass is 32.2. The Hall–Kier alpha value is -0.960. The van der Waals surface area contributed by atoms with Gasteiger partial charge in [0.25, 0.3) is 20.2 Å². The molecule has 0 atom stereocenters. The number of benzene rings is 1. The van der Waals surface area contributed by atoms with Crippen LogP contribution in [0.4, 0.5) is 0 Å². The Morgan fingerprint density at radius 3 is 2.06 bits per heavy atom. The third kappa shape index (κ3) is 3.56. The predicted octanol–water partition coefficient (Wildman–Crippen LogP) is 0.630. The van der Waals surface area contributed by atoms with E-state index < -0.39 is 26.0 Å². The lowest BCUT2D eigenvalue weighted by molar-refractivity contribution is 0.481. The third-order valence-corrected chi connectivity index (χ3v) is 3.48. The van der Waals surface area contributed by atoms with Crippen molar-refractivity contribution in [2.45, 2.75) is 17.6 Å². The molecule has 1 aromatic rings. The fourth-order valence-corrected chi connectivity index (χ4v) is 2.47. The van der Waals surface area contributed by atoms with E-state index in [1.165, 1.54) is 13.0 Å². The van der Waals surface area contributed by atoms with Gasteiger partial charge in [0, 0.05) is 0 Å². The van der Waals surface area contributed by atoms with Gasteiger partial charge in [-0.15, -0.1) is 0 Å². The molecule has 6 nitrogen and oxygen atoms in total. The third-order valence-electron chi connectivity index (χ3n) is 1.95. The van der Waals surface area contributed by atoms with Gasteiger partial charge in [-0.1, -0.05) is 6.07 Å². The lowest BCUT2D eigenvalue weighted by Crippen LogP contribution is -2.05. The van der Waals surface area contributed by atoms with Gasteiger partial charge in [-0.25, -0.2) is 0 Å². The molecule has 90 valence electrons. The SMILES string of the molecule is Cc1cc(S(=O)(=O)O)ccc1CS(=O)(=O)O. The fourth-order valence-electron chi connectivity index (χ4n) is 1.19. The normalized spacial score (nSPS) is 12.7. The van der Waals surface area contributed by atoms with Gasteiger partial charge in [0.05, 0.1) is 4.90 Å². The second-order valence-electron chi connectivity index (χ2n) is 3.29. The molecule has 0 aromatic heterocycles. The minimum absolute atomic E-state index is 0.273. The summed E-state index contributed by atoms with van der Waals surface area (Å²) >= 11 is 0. The van der Waals surface area contributed by atoms with Gasteiger partial charge in [-0.05, 0) is 30.2 Å². The molecule has 0 aliphatic heterocycles. The number of rotatable bonds is 3. The quantitative estimate of drug-likeness (QED) is 0.777. The predicted molar refractivity (Wildman–Crippen MR) is 56.2 cm³/mol. The number of hydrogen-bond acceptors (Lipinski definition) is 4. The van der Waals surface area contributed by atoms with E-state index in [0.717, 1.165) is 12.1 Å². The van der Waals surface area contributed by atoms with Crippen LogP contribution in [0.25, 0.3) is 0 Å². The lowest BCUT2D eigenvalue weighted by atomic mass is 10.1. The van der Waals surface area contributed by atoms with Gasteiger partial charge in [0.2, 0.25) is 0 Å². The molecule has 0 fully saturated rings. The van der Waals surface area contributed by atoms with Crippen molar-refractivity contribution < 1.29 is 25.9 Å². The monoisotopic (exact) mass is 266 g/mol. The van der Waals surface area contributed by atoms with Crippen LogP contribution in [-0.4, -0.2) is 25.9 Å². The van der Waals surface area contributed by atoms with E-state index in [1.807, 2.05) is 0 Å². The summed E-state index contributed by atoms with van der Waals surface area (Å²) in [6.07, 6.45) is 0. The molecule has 16 heavy (non-hydrogen) atoms. The summed E-state index contributed by atoms with van der Waals surface area (Å²) < 4.78 is 60.2. The van der Waals surface area contributed by atoms with Crippen molar-refractivity contribution in [1.29, 1.82) is 0 Å². The molecule has 0 aliphatic carbocycles. The summed E-state index contributed by atoms with van der Waals surface area (Å²) in [5.41, 5.74) is 0.627. The van der Waals surface area contributed by atoms with E-state index in [2.05, 4.69) is 0 Å². The van der Waals surface area contributed by atoms with E-state index in [9.17, 15) is 16.8 Å². The van der Waals surface area contributed by atoms with Crippen LogP contribution >= 0.6 is 0 Å². The second kappa shape index (κ2) is 4.13. The lowest BCUT2D eigenvalue weighted by Gasteiger charge is -2.05. The Morgan fingerprint density at radius 1 is 1.12 bits per heavy atom. The van der Waals surface area contributed by atoms with Crippen LogP contribution in [0.5, 0.6) is 0 Å². The van der Waals surface area contributed by atoms with Crippen LogP contribution in [0, 0.1) is 6.92 Å². The van der Waals surface area contributed by atoms with Crippen molar-refractivity contribution in [2.24, 2.45) is 0 Å². The summed E-state index contributed by atoms with van der Waals surface area (Å²) in [5, 5.41) is 0. The van der Waals surface area contributed by atoms with Crippen molar-refractivity contribution in [2.75, 3.05) is 0 Å². The molecule has 2 N–H and O–H groups in total. The molecule has 0 saturated carbocycles. The Balaban J connectivity index is 3.21. The molecule has 0 unspecified atom stereocenters. The molecule has 0 saturated heterocycles. The molecule has 0 spiro atoms. The van der Waals surface area contributed by atoms with Crippen molar-refractivity contribution in [3.8, 4) is 0 Å². The molecule has 0 bridgehead atoms. The Morgan fingerprint density at radius 2 is 1.69 bits per heavy atom.